The van der Waals surface area contributed by atoms with Crippen LogP contribution in [0.5, 0.6) is 0 Å². The van der Waals surface area contributed by atoms with E-state index in [9.17, 15) is 0 Å². The third-order valence-electron chi connectivity index (χ3n) is 4.50. The van der Waals surface area contributed by atoms with Crippen molar-refractivity contribution < 1.29 is 9.64 Å². The molecule has 134 valence electrons. The Labute approximate surface area is 153 Å². The zero-order valence-corrected chi connectivity index (χ0v) is 15.4. The molecule has 1 aliphatic rings. The van der Waals surface area contributed by atoms with Gasteiger partial charge in [0.25, 0.3) is 0 Å². The average Bonchev–Trinajstić information content (AvgIpc) is 2.95. The number of para-hydroxylation sites is 1. The van der Waals surface area contributed by atoms with Crippen molar-refractivity contribution in [3.8, 4) is 0 Å². The molecular formula is C18H26N5OS+. The molecule has 1 saturated heterocycles. The van der Waals surface area contributed by atoms with Gasteiger partial charge in [0, 0.05) is 35.1 Å². The molecule has 0 aliphatic carbocycles. The Morgan fingerprint density at radius 1 is 1.36 bits per heavy atom. The topological polar surface area (TPSA) is 65.9 Å². The summed E-state index contributed by atoms with van der Waals surface area (Å²) in [6.45, 7) is 8.03. The second-order valence-corrected chi connectivity index (χ2v) is 6.71. The molecule has 2 heterocycles. The normalized spacial score (nSPS) is 15.7. The number of hydrogen-bond donors (Lipinski definition) is 4. The third kappa shape index (κ3) is 5.01. The molecule has 2 aromatic rings. The minimum atomic E-state index is 0.561. The van der Waals surface area contributed by atoms with Crippen molar-refractivity contribution >= 4 is 34.4 Å². The lowest BCUT2D eigenvalue weighted by molar-refractivity contribution is -0.908. The number of aryl methyl sites for hydroxylation is 1. The molecule has 25 heavy (non-hydrogen) atoms. The molecule has 6 nitrogen and oxygen atoms in total. The zero-order valence-electron chi connectivity index (χ0n) is 14.6. The van der Waals surface area contributed by atoms with Gasteiger partial charge in [0.15, 0.2) is 5.11 Å². The lowest BCUT2D eigenvalue weighted by atomic mass is 10.1. The number of hydrazone groups is 1. The van der Waals surface area contributed by atoms with Crippen molar-refractivity contribution in [2.24, 2.45) is 5.10 Å². The number of nitrogens with one attached hydrogen (secondary N) is 4. The number of quaternary nitrogens is 1. The summed E-state index contributed by atoms with van der Waals surface area (Å²) in [6, 6.07) is 8.21. The predicted octanol–water partition coefficient (Wildman–Crippen LogP) is 0.580. The Bertz CT molecular complexity index is 736. The Morgan fingerprint density at radius 3 is 3.00 bits per heavy atom. The molecule has 1 fully saturated rings. The fourth-order valence-electron chi connectivity index (χ4n) is 3.11. The van der Waals surface area contributed by atoms with Crippen LogP contribution in [0.25, 0.3) is 10.9 Å². The largest absolute Gasteiger partial charge is 0.370 e. The molecule has 7 heteroatoms. The molecule has 0 atom stereocenters. The van der Waals surface area contributed by atoms with Gasteiger partial charge in [-0.15, -0.1) is 0 Å². The zero-order chi connectivity index (χ0) is 17.5. The molecule has 0 unspecified atom stereocenters. The predicted molar refractivity (Wildman–Crippen MR) is 105 cm³/mol. The Balaban J connectivity index is 1.41. The van der Waals surface area contributed by atoms with Gasteiger partial charge >= 0.3 is 0 Å². The molecule has 1 aromatic heterocycles. The summed E-state index contributed by atoms with van der Waals surface area (Å²) in [5.41, 5.74) is 6.20. The lowest BCUT2D eigenvalue weighted by Crippen LogP contribution is -3.14. The van der Waals surface area contributed by atoms with Gasteiger partial charge < -0.3 is 19.9 Å². The fraction of sp³-hybridized carbons (Fsp3) is 0.444. The van der Waals surface area contributed by atoms with Gasteiger partial charge in [0.2, 0.25) is 0 Å². The minimum Gasteiger partial charge on any atom is -0.370 e. The van der Waals surface area contributed by atoms with Gasteiger partial charge in [-0.3, -0.25) is 5.43 Å². The number of thiocarbonyl (C=S) groups is 1. The molecule has 0 spiro atoms. The number of fused-ring (bicyclic) bond motifs is 1. The monoisotopic (exact) mass is 360 g/mol. The van der Waals surface area contributed by atoms with Gasteiger partial charge in [-0.05, 0) is 25.2 Å². The molecular weight excluding hydrogens is 334 g/mol. The molecule has 1 aromatic carbocycles. The van der Waals surface area contributed by atoms with E-state index in [1.165, 1.54) is 0 Å². The number of rotatable bonds is 6. The van der Waals surface area contributed by atoms with E-state index < -0.39 is 0 Å². The van der Waals surface area contributed by atoms with Gasteiger partial charge in [0.05, 0.1) is 26.0 Å². The molecule has 0 amide bonds. The van der Waals surface area contributed by atoms with Crippen LogP contribution >= 0.6 is 12.2 Å². The second-order valence-electron chi connectivity index (χ2n) is 6.30. The van der Waals surface area contributed by atoms with Gasteiger partial charge in [0.1, 0.15) is 13.1 Å². The van der Waals surface area contributed by atoms with Crippen molar-refractivity contribution in [2.75, 3.05) is 39.4 Å². The summed E-state index contributed by atoms with van der Waals surface area (Å²) in [4.78, 5) is 4.97. The molecule has 1 aliphatic heterocycles. The van der Waals surface area contributed by atoms with Crippen molar-refractivity contribution in [3.05, 3.63) is 35.5 Å². The molecule has 4 N–H and O–H groups in total. The smallest absolute Gasteiger partial charge is 0.186 e. The number of morpholine rings is 1. The number of aromatic nitrogens is 1. The first-order valence-corrected chi connectivity index (χ1v) is 9.20. The highest BCUT2D eigenvalue weighted by atomic mass is 32.1. The molecule has 3 rings (SSSR count). The van der Waals surface area contributed by atoms with E-state index in [1.807, 2.05) is 25.3 Å². The molecule has 0 bridgehead atoms. The Kier molecular flexibility index (Phi) is 6.38. The van der Waals surface area contributed by atoms with Gasteiger partial charge in [-0.2, -0.15) is 5.10 Å². The van der Waals surface area contributed by atoms with Crippen LogP contribution in [0.15, 0.2) is 29.4 Å². The number of benzene rings is 1. The second kappa shape index (κ2) is 8.94. The van der Waals surface area contributed by atoms with Crippen LogP contribution in [-0.2, 0) is 4.74 Å². The SMILES string of the molecule is Cc1[nH]c2ccccc2c1/C=N/NC(=S)NCCC[NH+]1CCOCC1. The summed E-state index contributed by atoms with van der Waals surface area (Å²) in [5.74, 6) is 0. The van der Waals surface area contributed by atoms with E-state index >= 15 is 0 Å². The minimum absolute atomic E-state index is 0.561. The number of aromatic amines is 1. The van der Waals surface area contributed by atoms with E-state index in [0.29, 0.717) is 5.11 Å². The van der Waals surface area contributed by atoms with Gasteiger partial charge in [-0.25, -0.2) is 0 Å². The van der Waals surface area contributed by atoms with Crippen molar-refractivity contribution in [1.82, 2.24) is 15.7 Å². The highest BCUT2D eigenvalue weighted by Crippen LogP contribution is 2.19. The maximum absolute atomic E-state index is 5.37. The highest BCUT2D eigenvalue weighted by molar-refractivity contribution is 7.80. The van der Waals surface area contributed by atoms with E-state index in [-0.39, 0.29) is 0 Å². The van der Waals surface area contributed by atoms with E-state index in [1.54, 1.807) is 4.90 Å². The van der Waals surface area contributed by atoms with Crippen LogP contribution in [0.4, 0.5) is 0 Å². The summed E-state index contributed by atoms with van der Waals surface area (Å²) < 4.78 is 5.37. The first-order chi connectivity index (χ1) is 12.2. The summed E-state index contributed by atoms with van der Waals surface area (Å²) >= 11 is 5.28. The van der Waals surface area contributed by atoms with E-state index in [4.69, 9.17) is 17.0 Å². The van der Waals surface area contributed by atoms with Crippen molar-refractivity contribution in [2.45, 2.75) is 13.3 Å². The van der Waals surface area contributed by atoms with Crippen LogP contribution in [0, 0.1) is 6.92 Å². The number of H-pyrrole nitrogens is 1. The number of hydrogen-bond acceptors (Lipinski definition) is 3. The van der Waals surface area contributed by atoms with Crippen LogP contribution < -0.4 is 15.6 Å². The van der Waals surface area contributed by atoms with Crippen LogP contribution in [-0.4, -0.2) is 55.7 Å². The first kappa shape index (κ1) is 17.8. The van der Waals surface area contributed by atoms with Crippen LogP contribution in [0.2, 0.25) is 0 Å². The van der Waals surface area contributed by atoms with E-state index in [0.717, 1.165) is 68.0 Å². The maximum atomic E-state index is 5.37. The van der Waals surface area contributed by atoms with Crippen molar-refractivity contribution in [3.63, 3.8) is 0 Å². The lowest BCUT2D eigenvalue weighted by Gasteiger charge is -2.23. The summed E-state index contributed by atoms with van der Waals surface area (Å²) in [6.07, 6.45) is 2.91. The first-order valence-electron chi connectivity index (χ1n) is 8.79. The standard InChI is InChI=1S/C18H25N5OS/c1-14-16(15-5-2-3-6-17(15)21-14)13-20-22-18(25)19-7-4-8-23-9-11-24-12-10-23/h2-3,5-6,13,21H,4,7-12H2,1H3,(H2,19,22,25)/p+1/b20-13+. The van der Waals surface area contributed by atoms with Gasteiger partial charge in [-0.1, -0.05) is 18.2 Å². The van der Waals surface area contributed by atoms with Crippen molar-refractivity contribution in [1.29, 1.82) is 0 Å². The molecule has 0 saturated carbocycles. The quantitative estimate of drug-likeness (QED) is 0.263. The van der Waals surface area contributed by atoms with Crippen LogP contribution in [0.3, 0.4) is 0 Å². The van der Waals surface area contributed by atoms with Crippen LogP contribution in [0.1, 0.15) is 17.7 Å². The Morgan fingerprint density at radius 2 is 2.16 bits per heavy atom. The highest BCUT2D eigenvalue weighted by Gasteiger charge is 2.12. The summed E-state index contributed by atoms with van der Waals surface area (Å²) in [7, 11) is 0. The average molecular weight is 361 g/mol. The molecule has 0 radical (unpaired) electrons. The van der Waals surface area contributed by atoms with E-state index in [2.05, 4.69) is 33.0 Å². The number of nitrogens with zero attached hydrogens (tertiary/aromatic N) is 1. The third-order valence-corrected chi connectivity index (χ3v) is 4.73. The number of ether oxygens (including phenoxy) is 1. The Hall–Kier alpha value is -1.96. The summed E-state index contributed by atoms with van der Waals surface area (Å²) in [5, 5.41) is 9.21. The maximum Gasteiger partial charge on any atom is 0.186 e. The fourth-order valence-corrected chi connectivity index (χ4v) is 3.26.